The fraction of sp³-hybridized carbons (Fsp3) is 0.412. The van der Waals surface area contributed by atoms with Crippen LogP contribution in [0.2, 0.25) is 0 Å². The molecule has 1 N–H and O–H groups in total. The number of carbonyl (C=O) groups is 1. The zero-order chi connectivity index (χ0) is 14.8. The number of nitrogens with one attached hydrogen (secondary N) is 1. The molecule has 1 aliphatic carbocycles. The lowest BCUT2D eigenvalue weighted by Gasteiger charge is -2.30. The van der Waals surface area contributed by atoms with Gasteiger partial charge in [-0.1, -0.05) is 12.6 Å². The molecule has 1 heterocycles. The van der Waals surface area contributed by atoms with Crippen LogP contribution in [0.5, 0.6) is 0 Å². The van der Waals surface area contributed by atoms with Crippen LogP contribution in [0.25, 0.3) is 11.0 Å². The first-order chi connectivity index (χ1) is 10.2. The number of fused-ring (bicyclic) bond motifs is 1. The van der Waals surface area contributed by atoms with E-state index in [-0.39, 0.29) is 11.9 Å². The molecular weight excluding hydrogens is 262 g/mol. The third-order valence-electron chi connectivity index (χ3n) is 4.30. The minimum absolute atomic E-state index is 0.0771. The number of aromatic nitrogens is 2. The molecule has 1 aromatic heterocycles. The first kappa shape index (κ1) is 13.9. The highest BCUT2D eigenvalue weighted by atomic mass is 16.1. The van der Waals surface area contributed by atoms with E-state index in [4.69, 9.17) is 0 Å². The van der Waals surface area contributed by atoms with Crippen molar-refractivity contribution in [2.24, 2.45) is 0 Å². The Morgan fingerprint density at radius 2 is 2.33 bits per heavy atom. The molecule has 1 aromatic carbocycles. The van der Waals surface area contributed by atoms with Crippen molar-refractivity contribution < 1.29 is 4.79 Å². The van der Waals surface area contributed by atoms with Gasteiger partial charge in [-0.15, -0.1) is 0 Å². The molecule has 0 spiro atoms. The Labute approximate surface area is 124 Å². The van der Waals surface area contributed by atoms with Crippen LogP contribution < -0.4 is 5.32 Å². The molecular formula is C17H21N3O. The number of rotatable bonds is 3. The van der Waals surface area contributed by atoms with Crippen LogP contribution in [0.3, 0.4) is 0 Å². The average molecular weight is 283 g/mol. The quantitative estimate of drug-likeness (QED) is 0.880. The number of aryl methyl sites for hydroxylation is 1. The van der Waals surface area contributed by atoms with E-state index in [1.165, 1.54) is 17.2 Å². The molecule has 0 saturated heterocycles. The van der Waals surface area contributed by atoms with Crippen LogP contribution in [0.1, 0.15) is 37.3 Å². The van der Waals surface area contributed by atoms with Crippen LogP contribution in [-0.4, -0.2) is 21.5 Å². The lowest BCUT2D eigenvalue weighted by molar-refractivity contribution is -0.117. The van der Waals surface area contributed by atoms with Gasteiger partial charge in [-0.05, 0) is 56.4 Å². The lowest BCUT2D eigenvalue weighted by atomic mass is 9.90. The summed E-state index contributed by atoms with van der Waals surface area (Å²) in [6.07, 6.45) is 7.55. The summed E-state index contributed by atoms with van der Waals surface area (Å²) < 4.78 is 2.26. The zero-order valence-corrected chi connectivity index (χ0v) is 12.4. The van der Waals surface area contributed by atoms with Crippen molar-refractivity contribution in [3.05, 3.63) is 42.7 Å². The number of benzene rings is 1. The summed E-state index contributed by atoms with van der Waals surface area (Å²) in [4.78, 5) is 16.0. The molecule has 1 aliphatic rings. The highest BCUT2D eigenvalue weighted by molar-refractivity contribution is 5.87. The maximum absolute atomic E-state index is 11.5. The summed E-state index contributed by atoms with van der Waals surface area (Å²) >= 11 is 0. The van der Waals surface area contributed by atoms with Gasteiger partial charge in [0.05, 0.1) is 17.4 Å². The van der Waals surface area contributed by atoms with Gasteiger partial charge < -0.3 is 9.88 Å². The molecule has 0 aliphatic heterocycles. The molecule has 21 heavy (non-hydrogen) atoms. The Morgan fingerprint density at radius 1 is 1.48 bits per heavy atom. The standard InChI is InChI=1S/C17H21N3O/c1-3-17(21)19-13-5-4-6-14(10-13)20-11-18-15-9-12(2)7-8-16(15)20/h3,7-9,11,13-14H,1,4-6,10H2,2H3,(H,19,21)/t13-,14-/m0/s1. The summed E-state index contributed by atoms with van der Waals surface area (Å²) in [7, 11) is 0. The predicted octanol–water partition coefficient (Wildman–Crippen LogP) is 3.13. The third-order valence-corrected chi connectivity index (χ3v) is 4.30. The number of hydrogen-bond acceptors (Lipinski definition) is 2. The van der Waals surface area contributed by atoms with Gasteiger partial charge >= 0.3 is 0 Å². The first-order valence-corrected chi connectivity index (χ1v) is 7.53. The van der Waals surface area contributed by atoms with Crippen molar-refractivity contribution in [1.82, 2.24) is 14.9 Å². The van der Waals surface area contributed by atoms with E-state index >= 15 is 0 Å². The smallest absolute Gasteiger partial charge is 0.243 e. The summed E-state index contributed by atoms with van der Waals surface area (Å²) in [6.45, 7) is 5.60. The second kappa shape index (κ2) is 5.72. The van der Waals surface area contributed by atoms with Crippen LogP contribution in [-0.2, 0) is 4.79 Å². The molecule has 3 rings (SSSR count). The lowest BCUT2D eigenvalue weighted by Crippen LogP contribution is -2.37. The molecule has 1 fully saturated rings. The predicted molar refractivity (Wildman–Crippen MR) is 84.1 cm³/mol. The highest BCUT2D eigenvalue weighted by Crippen LogP contribution is 2.31. The minimum atomic E-state index is -0.0771. The molecule has 0 bridgehead atoms. The number of amides is 1. The van der Waals surface area contributed by atoms with Crippen LogP contribution in [0.4, 0.5) is 0 Å². The zero-order valence-electron chi connectivity index (χ0n) is 12.4. The van der Waals surface area contributed by atoms with Gasteiger partial charge in [0.25, 0.3) is 0 Å². The van der Waals surface area contributed by atoms with Gasteiger partial charge in [0.1, 0.15) is 0 Å². The van der Waals surface area contributed by atoms with E-state index in [9.17, 15) is 4.79 Å². The maximum atomic E-state index is 11.5. The SMILES string of the molecule is C=CC(=O)N[C@H]1CCC[C@H](n2cnc3cc(C)ccc32)C1. The Hall–Kier alpha value is -2.10. The second-order valence-electron chi connectivity index (χ2n) is 5.87. The van der Waals surface area contributed by atoms with E-state index in [0.717, 1.165) is 31.2 Å². The summed E-state index contributed by atoms with van der Waals surface area (Å²) in [5, 5.41) is 3.03. The molecule has 2 atom stereocenters. The second-order valence-corrected chi connectivity index (χ2v) is 5.87. The van der Waals surface area contributed by atoms with Gasteiger partial charge in [-0.2, -0.15) is 0 Å². The fourth-order valence-electron chi connectivity index (χ4n) is 3.24. The maximum Gasteiger partial charge on any atom is 0.243 e. The molecule has 1 amide bonds. The monoisotopic (exact) mass is 283 g/mol. The largest absolute Gasteiger partial charge is 0.350 e. The summed E-state index contributed by atoms with van der Waals surface area (Å²) in [5.74, 6) is -0.0771. The Bertz CT molecular complexity index is 674. The molecule has 110 valence electrons. The van der Waals surface area contributed by atoms with E-state index in [1.54, 1.807) is 0 Å². The van der Waals surface area contributed by atoms with Gasteiger partial charge in [0, 0.05) is 12.1 Å². The molecule has 1 saturated carbocycles. The number of nitrogens with zero attached hydrogens (tertiary/aromatic N) is 2. The Morgan fingerprint density at radius 3 is 3.14 bits per heavy atom. The van der Waals surface area contributed by atoms with Crippen molar-refractivity contribution in [2.75, 3.05) is 0 Å². The Balaban J connectivity index is 1.81. The topological polar surface area (TPSA) is 46.9 Å². The van der Waals surface area contributed by atoms with E-state index in [1.807, 2.05) is 6.33 Å². The van der Waals surface area contributed by atoms with Crippen molar-refractivity contribution in [2.45, 2.75) is 44.7 Å². The van der Waals surface area contributed by atoms with Gasteiger partial charge in [-0.3, -0.25) is 4.79 Å². The van der Waals surface area contributed by atoms with Crippen molar-refractivity contribution in [3.63, 3.8) is 0 Å². The van der Waals surface area contributed by atoms with Gasteiger partial charge in [0.2, 0.25) is 5.91 Å². The number of carbonyl (C=O) groups excluding carboxylic acids is 1. The third kappa shape index (κ3) is 2.84. The highest BCUT2D eigenvalue weighted by Gasteiger charge is 2.24. The number of hydrogen-bond donors (Lipinski definition) is 1. The minimum Gasteiger partial charge on any atom is -0.350 e. The number of imidazole rings is 1. The van der Waals surface area contributed by atoms with Crippen LogP contribution >= 0.6 is 0 Å². The molecule has 0 radical (unpaired) electrons. The van der Waals surface area contributed by atoms with Gasteiger partial charge in [0.15, 0.2) is 0 Å². The van der Waals surface area contributed by atoms with Crippen LogP contribution in [0, 0.1) is 6.92 Å². The molecule has 4 heteroatoms. The average Bonchev–Trinajstić information content (AvgIpc) is 2.90. The summed E-state index contributed by atoms with van der Waals surface area (Å²) in [6, 6.07) is 7.02. The summed E-state index contributed by atoms with van der Waals surface area (Å²) in [5.41, 5.74) is 3.46. The first-order valence-electron chi connectivity index (χ1n) is 7.53. The normalized spacial score (nSPS) is 22.1. The van der Waals surface area contributed by atoms with Crippen molar-refractivity contribution in [1.29, 1.82) is 0 Å². The van der Waals surface area contributed by atoms with Crippen molar-refractivity contribution >= 4 is 16.9 Å². The Kier molecular flexibility index (Phi) is 3.78. The molecule has 2 aromatic rings. The van der Waals surface area contributed by atoms with E-state index < -0.39 is 0 Å². The van der Waals surface area contributed by atoms with Crippen LogP contribution in [0.15, 0.2) is 37.2 Å². The van der Waals surface area contributed by atoms with Crippen molar-refractivity contribution in [3.8, 4) is 0 Å². The fourth-order valence-corrected chi connectivity index (χ4v) is 3.24. The molecule has 4 nitrogen and oxygen atoms in total. The van der Waals surface area contributed by atoms with E-state index in [2.05, 4.69) is 46.6 Å². The molecule has 0 unspecified atom stereocenters. The van der Waals surface area contributed by atoms with Gasteiger partial charge in [-0.25, -0.2) is 4.98 Å². The van der Waals surface area contributed by atoms with E-state index in [0.29, 0.717) is 6.04 Å².